The third kappa shape index (κ3) is 2.59. The van der Waals surface area contributed by atoms with Crippen LogP contribution in [0.15, 0.2) is 36.9 Å². The van der Waals surface area contributed by atoms with Gasteiger partial charge in [0, 0.05) is 0 Å². The number of carbonyl (C=O) groups is 1. The maximum absolute atomic E-state index is 13.7. The zero-order valence-corrected chi connectivity index (χ0v) is 12.5. The normalized spacial score (nSPS) is 11.0. The molecule has 3 aromatic heterocycles. The molecule has 0 fully saturated rings. The van der Waals surface area contributed by atoms with Crippen LogP contribution in [0.1, 0.15) is 10.4 Å². The van der Waals surface area contributed by atoms with Gasteiger partial charge in [0.1, 0.15) is 29.1 Å². The smallest absolute Gasteiger partial charge is 0.295 e. The van der Waals surface area contributed by atoms with E-state index in [-0.39, 0.29) is 5.69 Å². The van der Waals surface area contributed by atoms with Crippen molar-refractivity contribution < 1.29 is 18.6 Å². The van der Waals surface area contributed by atoms with Crippen molar-refractivity contribution in [1.82, 2.24) is 25.1 Å². The molecule has 1 aromatic carbocycles. The van der Waals surface area contributed by atoms with Gasteiger partial charge in [-0.25, -0.2) is 13.8 Å². The molecule has 0 saturated carbocycles. The number of aromatic amines is 3. The summed E-state index contributed by atoms with van der Waals surface area (Å²) in [6, 6.07) is 3.20. The summed E-state index contributed by atoms with van der Waals surface area (Å²) in [6.07, 6.45) is 4.46. The van der Waals surface area contributed by atoms with Crippen LogP contribution in [0.5, 0.6) is 0 Å². The molecule has 0 radical (unpaired) electrons. The van der Waals surface area contributed by atoms with Gasteiger partial charge in [-0.05, 0) is 17.1 Å². The van der Waals surface area contributed by atoms with Crippen LogP contribution in [-0.4, -0.2) is 31.1 Å². The molecular weight excluding hydrogens is 332 g/mol. The van der Waals surface area contributed by atoms with Crippen LogP contribution in [0.4, 0.5) is 14.5 Å². The lowest BCUT2D eigenvalue weighted by Crippen LogP contribution is -2.16. The van der Waals surface area contributed by atoms with Gasteiger partial charge in [-0.15, -0.1) is 0 Å². The number of rotatable bonds is 3. The lowest BCUT2D eigenvalue weighted by Gasteiger charge is -2.06. The van der Waals surface area contributed by atoms with E-state index in [0.29, 0.717) is 22.7 Å². The summed E-state index contributed by atoms with van der Waals surface area (Å²) in [6.45, 7) is 0. The molecule has 4 aromatic rings. The fraction of sp³-hybridized carbons (Fsp3) is 0. The zero-order valence-electron chi connectivity index (χ0n) is 12.5. The summed E-state index contributed by atoms with van der Waals surface area (Å²) in [5.41, 5.74) is 1.000. The van der Waals surface area contributed by atoms with Gasteiger partial charge < -0.3 is 10.3 Å². The van der Waals surface area contributed by atoms with Gasteiger partial charge in [0.25, 0.3) is 17.9 Å². The number of hydrogen-bond acceptors (Lipinski definition) is 4. The van der Waals surface area contributed by atoms with Gasteiger partial charge >= 0.3 is 0 Å². The zero-order chi connectivity index (χ0) is 17.4. The number of amides is 1. The number of imidazole rings is 1. The topological polar surface area (TPSA) is 113 Å². The summed E-state index contributed by atoms with van der Waals surface area (Å²) in [7, 11) is 0. The molecule has 1 amide bonds. The molecule has 124 valence electrons. The van der Waals surface area contributed by atoms with E-state index in [1.54, 1.807) is 6.20 Å². The quantitative estimate of drug-likeness (QED) is 0.526. The number of halogens is 2. The molecule has 0 aliphatic heterocycles. The van der Waals surface area contributed by atoms with E-state index < -0.39 is 23.1 Å². The Labute approximate surface area is 138 Å². The number of aromatic nitrogens is 6. The number of benzene rings is 1. The van der Waals surface area contributed by atoms with Crippen molar-refractivity contribution in [2.24, 2.45) is 0 Å². The van der Waals surface area contributed by atoms with Crippen molar-refractivity contribution in [3.63, 3.8) is 0 Å². The molecule has 4 rings (SSSR count). The number of hydrogen-bond donors (Lipinski definition) is 3. The van der Waals surface area contributed by atoms with Crippen molar-refractivity contribution in [2.75, 3.05) is 5.32 Å². The highest BCUT2D eigenvalue weighted by molar-refractivity contribution is 6.06. The first kappa shape index (κ1) is 14.9. The number of nitrogens with zero attached hydrogens (tertiary/aromatic N) is 3. The molecule has 0 spiro atoms. The third-order valence-electron chi connectivity index (χ3n) is 3.51. The van der Waals surface area contributed by atoms with Crippen molar-refractivity contribution in [2.45, 2.75) is 0 Å². The SMILES string of the molecule is O=C(Nc1cn[nH]c1-c1nc2nc[nH+]cc2[nH]1)c1c(F)cccc1F. The van der Waals surface area contributed by atoms with E-state index in [2.05, 4.69) is 35.5 Å². The second-order valence-electron chi connectivity index (χ2n) is 5.10. The van der Waals surface area contributed by atoms with Crippen LogP contribution in [0.2, 0.25) is 0 Å². The van der Waals surface area contributed by atoms with Crippen molar-refractivity contribution in [1.29, 1.82) is 0 Å². The van der Waals surface area contributed by atoms with Crippen LogP contribution in [0.25, 0.3) is 22.7 Å². The standard InChI is InChI=1S/C15H9F2N7O/c16-7-2-1-3-8(17)11(7)15(25)22-9-5-20-24-12(9)14-21-10-4-18-6-19-13(10)23-14/h1-6H,(H,20,24)(H,22,25)(H,18,19,21,23)/p+1. The molecule has 0 aliphatic carbocycles. The molecule has 0 aliphatic rings. The maximum Gasteiger partial charge on any atom is 0.295 e. The Morgan fingerprint density at radius 1 is 1.24 bits per heavy atom. The predicted molar refractivity (Wildman–Crippen MR) is 82.3 cm³/mol. The minimum absolute atomic E-state index is 0.218. The van der Waals surface area contributed by atoms with Gasteiger partial charge in [0.05, 0.1) is 11.9 Å². The summed E-state index contributed by atoms with van der Waals surface area (Å²) < 4.78 is 27.5. The van der Waals surface area contributed by atoms with Crippen LogP contribution >= 0.6 is 0 Å². The minimum Gasteiger partial charge on any atom is -0.330 e. The van der Waals surface area contributed by atoms with Crippen LogP contribution in [0.3, 0.4) is 0 Å². The lowest BCUT2D eigenvalue weighted by atomic mass is 10.2. The van der Waals surface area contributed by atoms with E-state index in [1.165, 1.54) is 18.6 Å². The molecule has 4 N–H and O–H groups in total. The van der Waals surface area contributed by atoms with Gasteiger partial charge in [-0.1, -0.05) is 6.07 Å². The van der Waals surface area contributed by atoms with Crippen LogP contribution < -0.4 is 10.3 Å². The fourth-order valence-corrected chi connectivity index (χ4v) is 2.37. The summed E-state index contributed by atoms with van der Waals surface area (Å²) >= 11 is 0. The van der Waals surface area contributed by atoms with Gasteiger partial charge in [-0.2, -0.15) is 10.1 Å². The van der Waals surface area contributed by atoms with Crippen molar-refractivity contribution in [3.05, 3.63) is 54.1 Å². The number of carbonyl (C=O) groups excluding carboxylic acids is 1. The predicted octanol–water partition coefficient (Wildman–Crippen LogP) is 1.69. The second-order valence-corrected chi connectivity index (χ2v) is 5.10. The number of nitrogens with one attached hydrogen (secondary N) is 4. The van der Waals surface area contributed by atoms with E-state index in [4.69, 9.17) is 0 Å². The Morgan fingerprint density at radius 3 is 2.80 bits per heavy atom. The Morgan fingerprint density at radius 2 is 2.04 bits per heavy atom. The first-order valence-corrected chi connectivity index (χ1v) is 7.14. The van der Waals surface area contributed by atoms with E-state index in [0.717, 1.165) is 12.1 Å². The number of anilines is 1. The molecule has 3 heterocycles. The minimum atomic E-state index is -0.953. The van der Waals surface area contributed by atoms with Crippen LogP contribution in [-0.2, 0) is 0 Å². The number of fused-ring (bicyclic) bond motifs is 1. The first-order valence-electron chi connectivity index (χ1n) is 7.14. The van der Waals surface area contributed by atoms with Crippen LogP contribution in [0, 0.1) is 11.6 Å². The summed E-state index contributed by atoms with van der Waals surface area (Å²) in [5.74, 6) is -2.47. The highest BCUT2D eigenvalue weighted by Crippen LogP contribution is 2.25. The molecule has 10 heteroatoms. The van der Waals surface area contributed by atoms with Crippen molar-refractivity contribution >= 4 is 22.8 Å². The largest absolute Gasteiger partial charge is 0.330 e. The fourth-order valence-electron chi connectivity index (χ4n) is 2.37. The molecule has 0 saturated heterocycles. The number of H-pyrrole nitrogens is 3. The Balaban J connectivity index is 1.69. The Hall–Kier alpha value is -3.69. The monoisotopic (exact) mass is 342 g/mol. The molecule has 0 atom stereocenters. The first-order chi connectivity index (χ1) is 12.1. The van der Waals surface area contributed by atoms with Gasteiger partial charge in [-0.3, -0.25) is 9.89 Å². The average Bonchev–Trinajstić information content (AvgIpc) is 3.20. The van der Waals surface area contributed by atoms with Gasteiger partial charge in [0.15, 0.2) is 11.3 Å². The maximum atomic E-state index is 13.7. The van der Waals surface area contributed by atoms with E-state index in [1.807, 2.05) is 0 Å². The molecule has 0 bridgehead atoms. The van der Waals surface area contributed by atoms with E-state index in [9.17, 15) is 13.6 Å². The Bertz CT molecular complexity index is 1040. The summed E-state index contributed by atoms with van der Waals surface area (Å²) in [5, 5.41) is 8.96. The summed E-state index contributed by atoms with van der Waals surface area (Å²) in [4.78, 5) is 26.4. The molecular formula is C15H10F2N7O+. The highest BCUT2D eigenvalue weighted by atomic mass is 19.1. The molecule has 0 unspecified atom stereocenters. The third-order valence-corrected chi connectivity index (χ3v) is 3.51. The van der Waals surface area contributed by atoms with Gasteiger partial charge in [0.2, 0.25) is 0 Å². The lowest BCUT2D eigenvalue weighted by molar-refractivity contribution is -0.380. The average molecular weight is 342 g/mol. The Kier molecular flexibility index (Phi) is 3.42. The second kappa shape index (κ2) is 5.74. The van der Waals surface area contributed by atoms with E-state index >= 15 is 0 Å². The molecule has 8 nitrogen and oxygen atoms in total. The highest BCUT2D eigenvalue weighted by Gasteiger charge is 2.21. The molecule has 25 heavy (non-hydrogen) atoms. The van der Waals surface area contributed by atoms with Crippen molar-refractivity contribution in [3.8, 4) is 11.5 Å².